The number of thiophene rings is 1. The molecule has 0 bridgehead atoms. The number of aromatic nitrogens is 3. The van der Waals surface area contributed by atoms with Gasteiger partial charge in [-0.1, -0.05) is 6.58 Å². The molecule has 10 heteroatoms. The van der Waals surface area contributed by atoms with Crippen molar-refractivity contribution in [1.82, 2.24) is 29.7 Å². The summed E-state index contributed by atoms with van der Waals surface area (Å²) in [5.41, 5.74) is 4.62. The van der Waals surface area contributed by atoms with E-state index in [0.717, 1.165) is 54.0 Å². The van der Waals surface area contributed by atoms with Crippen molar-refractivity contribution in [2.24, 2.45) is 0 Å². The van der Waals surface area contributed by atoms with Crippen molar-refractivity contribution in [3.05, 3.63) is 52.0 Å². The summed E-state index contributed by atoms with van der Waals surface area (Å²) in [5, 5.41) is 12.9. The molecule has 3 aromatic rings. The Morgan fingerprint density at radius 3 is 2.81 bits per heavy atom. The second kappa shape index (κ2) is 9.87. The highest BCUT2D eigenvalue weighted by Gasteiger charge is 2.24. The largest absolute Gasteiger partial charge is 0.367 e. The molecule has 4 heterocycles. The first kappa shape index (κ1) is 24.2. The van der Waals surface area contributed by atoms with Gasteiger partial charge < -0.3 is 20.4 Å². The van der Waals surface area contributed by atoms with E-state index in [1.54, 1.807) is 15.6 Å². The summed E-state index contributed by atoms with van der Waals surface area (Å²) in [6, 6.07) is 4.35. The Bertz CT molecular complexity index is 1370. The first-order valence-electron chi connectivity index (χ1n) is 12.1. The van der Waals surface area contributed by atoms with E-state index in [4.69, 9.17) is 4.98 Å². The van der Waals surface area contributed by atoms with Gasteiger partial charge >= 0.3 is 0 Å². The number of nitrogens with zero attached hydrogens (tertiary/aromatic N) is 5. The molecule has 0 spiro atoms. The molecule has 2 aliphatic rings. The number of fused-ring (bicyclic) bond motifs is 1. The van der Waals surface area contributed by atoms with Crippen molar-refractivity contribution >= 4 is 40.7 Å². The highest BCUT2D eigenvalue weighted by molar-refractivity contribution is 7.12. The van der Waals surface area contributed by atoms with E-state index in [2.05, 4.69) is 27.2 Å². The number of allylic oxidation sites excluding steroid dienone is 1. The summed E-state index contributed by atoms with van der Waals surface area (Å²) in [6.45, 7) is 5.59. The Labute approximate surface area is 214 Å². The maximum atomic E-state index is 13.0. The number of nitrogens with one attached hydrogen (secondary N) is 2. The Kier molecular flexibility index (Phi) is 6.63. The van der Waals surface area contributed by atoms with Crippen LogP contribution in [-0.4, -0.2) is 76.5 Å². The molecule has 0 aromatic carbocycles. The Morgan fingerprint density at radius 1 is 1.31 bits per heavy atom. The van der Waals surface area contributed by atoms with Gasteiger partial charge in [0.25, 0.3) is 5.91 Å². The minimum absolute atomic E-state index is 0.0223. The van der Waals surface area contributed by atoms with Crippen LogP contribution in [0.1, 0.15) is 40.9 Å². The minimum atomic E-state index is -0.0605. The zero-order valence-electron chi connectivity index (χ0n) is 20.9. The van der Waals surface area contributed by atoms with Crippen LogP contribution in [0.4, 0.5) is 5.82 Å². The molecule has 1 saturated carbocycles. The van der Waals surface area contributed by atoms with Crippen molar-refractivity contribution in [1.29, 1.82) is 0 Å². The van der Waals surface area contributed by atoms with Crippen LogP contribution in [0.15, 0.2) is 41.6 Å². The normalized spacial score (nSPS) is 16.8. The number of amides is 2. The van der Waals surface area contributed by atoms with E-state index in [-0.39, 0.29) is 11.8 Å². The van der Waals surface area contributed by atoms with Gasteiger partial charge in [0.05, 0.1) is 23.2 Å². The van der Waals surface area contributed by atoms with Crippen LogP contribution in [0, 0.1) is 0 Å². The summed E-state index contributed by atoms with van der Waals surface area (Å²) in [6.07, 6.45) is 7.16. The van der Waals surface area contributed by atoms with E-state index in [1.807, 2.05) is 44.7 Å². The van der Waals surface area contributed by atoms with Crippen molar-refractivity contribution in [3.8, 4) is 11.3 Å². The molecule has 2 amide bonds. The lowest BCUT2D eigenvalue weighted by Gasteiger charge is -2.17. The first-order valence-corrected chi connectivity index (χ1v) is 13.0. The molecule has 1 aliphatic heterocycles. The van der Waals surface area contributed by atoms with Crippen LogP contribution in [0.3, 0.4) is 0 Å². The first-order chi connectivity index (χ1) is 17.3. The molecule has 0 unspecified atom stereocenters. The fourth-order valence-electron chi connectivity index (χ4n) is 4.16. The molecule has 0 radical (unpaired) electrons. The third kappa shape index (κ3) is 5.19. The minimum Gasteiger partial charge on any atom is -0.367 e. The highest BCUT2D eigenvalue weighted by Crippen LogP contribution is 2.32. The highest BCUT2D eigenvalue weighted by atomic mass is 32.1. The Balaban J connectivity index is 1.46. The van der Waals surface area contributed by atoms with E-state index in [9.17, 15) is 9.59 Å². The zero-order valence-corrected chi connectivity index (χ0v) is 21.7. The van der Waals surface area contributed by atoms with E-state index in [0.29, 0.717) is 35.2 Å². The van der Waals surface area contributed by atoms with Crippen LogP contribution in [0.25, 0.3) is 23.0 Å². The van der Waals surface area contributed by atoms with Crippen molar-refractivity contribution in [3.63, 3.8) is 0 Å². The predicted molar refractivity (Wildman–Crippen MR) is 143 cm³/mol. The van der Waals surface area contributed by atoms with Crippen LogP contribution in [0.5, 0.6) is 0 Å². The number of rotatable bonds is 9. The SMILES string of the molecule is C=C1NC(=O)C/C1=C\c1cnn2c(NC3CC3)cc(-c3csc(C(=O)N(C)CCCN(C)C)c3)nc12. The number of carbonyl (C=O) groups is 2. The van der Waals surface area contributed by atoms with Gasteiger partial charge in [-0.2, -0.15) is 9.61 Å². The molecule has 36 heavy (non-hydrogen) atoms. The lowest BCUT2D eigenvalue weighted by molar-refractivity contribution is -0.118. The number of carbonyl (C=O) groups excluding carboxylic acids is 2. The summed E-state index contributed by atoms with van der Waals surface area (Å²) in [4.78, 5) is 34.3. The second-order valence-electron chi connectivity index (χ2n) is 9.74. The third-order valence-electron chi connectivity index (χ3n) is 6.34. The molecule has 2 fully saturated rings. The van der Waals surface area contributed by atoms with Crippen LogP contribution >= 0.6 is 11.3 Å². The zero-order chi connectivity index (χ0) is 25.4. The molecular weight excluding hydrogens is 474 g/mol. The molecule has 1 aliphatic carbocycles. The summed E-state index contributed by atoms with van der Waals surface area (Å²) >= 11 is 1.44. The lowest BCUT2D eigenvalue weighted by Crippen LogP contribution is -2.29. The van der Waals surface area contributed by atoms with Gasteiger partial charge in [-0.25, -0.2) is 4.98 Å². The lowest BCUT2D eigenvalue weighted by atomic mass is 10.1. The number of hydrogen-bond donors (Lipinski definition) is 2. The van der Waals surface area contributed by atoms with Gasteiger partial charge in [0.1, 0.15) is 5.82 Å². The van der Waals surface area contributed by atoms with Gasteiger partial charge in [-0.15, -0.1) is 11.3 Å². The maximum Gasteiger partial charge on any atom is 0.263 e. The van der Waals surface area contributed by atoms with Crippen LogP contribution in [0.2, 0.25) is 0 Å². The van der Waals surface area contributed by atoms with Crippen molar-refractivity contribution < 1.29 is 9.59 Å². The summed E-state index contributed by atoms with van der Waals surface area (Å²) < 4.78 is 1.80. The predicted octanol–water partition coefficient (Wildman–Crippen LogP) is 3.47. The topological polar surface area (TPSA) is 94.9 Å². The van der Waals surface area contributed by atoms with Gasteiger partial charge in [-0.05, 0) is 57.6 Å². The smallest absolute Gasteiger partial charge is 0.263 e. The van der Waals surface area contributed by atoms with Gasteiger partial charge in [0.15, 0.2) is 5.65 Å². The number of hydrogen-bond acceptors (Lipinski definition) is 7. The van der Waals surface area contributed by atoms with E-state index < -0.39 is 0 Å². The van der Waals surface area contributed by atoms with Crippen molar-refractivity contribution in [2.45, 2.75) is 31.7 Å². The summed E-state index contributed by atoms with van der Waals surface area (Å²) in [5.74, 6) is 0.824. The Morgan fingerprint density at radius 2 is 2.11 bits per heavy atom. The average Bonchev–Trinajstić information content (AvgIpc) is 3.22. The van der Waals surface area contributed by atoms with Gasteiger partial charge in [0, 0.05) is 47.9 Å². The maximum absolute atomic E-state index is 13.0. The van der Waals surface area contributed by atoms with E-state index >= 15 is 0 Å². The average molecular weight is 506 g/mol. The van der Waals surface area contributed by atoms with Crippen LogP contribution in [-0.2, 0) is 4.79 Å². The third-order valence-corrected chi connectivity index (χ3v) is 7.26. The standard InChI is InChI=1S/C26H31N7O2S/c1-16-17(12-24(34)28-16)10-18-14-27-33-23(29-20-6-7-20)13-21(30-25(18)33)19-11-22(36-15-19)26(35)32(4)9-5-8-31(2)3/h10-11,13-15,20,29H,1,5-9,12H2,2-4H3,(H,28,34)/b17-10+. The molecule has 0 atom stereocenters. The molecule has 188 valence electrons. The molecule has 3 aromatic heterocycles. The van der Waals surface area contributed by atoms with Gasteiger partial charge in [0.2, 0.25) is 5.91 Å². The van der Waals surface area contributed by atoms with E-state index in [1.165, 1.54) is 11.3 Å². The van der Waals surface area contributed by atoms with Crippen molar-refractivity contribution in [2.75, 3.05) is 39.5 Å². The molecule has 1 saturated heterocycles. The fraction of sp³-hybridized carbons (Fsp3) is 0.385. The summed E-state index contributed by atoms with van der Waals surface area (Å²) in [7, 11) is 5.92. The van der Waals surface area contributed by atoms with Gasteiger partial charge in [-0.3, -0.25) is 9.59 Å². The monoisotopic (exact) mass is 505 g/mol. The van der Waals surface area contributed by atoms with Crippen LogP contribution < -0.4 is 10.6 Å². The fourth-order valence-corrected chi connectivity index (χ4v) is 5.06. The quantitative estimate of drug-likeness (QED) is 0.463. The molecular formula is C26H31N7O2S. The molecule has 2 N–H and O–H groups in total. The molecule has 9 nitrogen and oxygen atoms in total. The molecule has 5 rings (SSSR count). The second-order valence-corrected chi connectivity index (χ2v) is 10.6. The Hall–Kier alpha value is -3.50. The number of anilines is 1.